The number of rotatable bonds is 7. The molecule has 7 nitrogen and oxygen atoms in total. The number of hydrazone groups is 1. The number of amides is 1. The molecule has 1 aliphatic carbocycles. The first-order valence-corrected chi connectivity index (χ1v) is 7.99. The molecule has 0 aromatic carbocycles. The first-order chi connectivity index (χ1) is 12.7. The first-order valence-electron chi connectivity index (χ1n) is 7.99. The number of nitrogens with zero attached hydrogens (tertiary/aromatic N) is 5. The summed E-state index contributed by atoms with van der Waals surface area (Å²) in [6.07, 6.45) is -3.19. The molecule has 1 aliphatic rings. The largest absolute Gasteiger partial charge is 0.408 e. The number of alkyl halides is 5. The van der Waals surface area contributed by atoms with Crippen LogP contribution >= 0.6 is 0 Å². The van der Waals surface area contributed by atoms with Crippen LogP contribution in [0.3, 0.4) is 0 Å². The fourth-order valence-corrected chi connectivity index (χ4v) is 2.45. The molecule has 1 saturated carbocycles. The Hall–Kier alpha value is -2.79. The van der Waals surface area contributed by atoms with Crippen molar-refractivity contribution in [3.63, 3.8) is 0 Å². The summed E-state index contributed by atoms with van der Waals surface area (Å²) in [6, 6.07) is 2.60. The van der Waals surface area contributed by atoms with Gasteiger partial charge in [0.05, 0.1) is 6.21 Å². The lowest BCUT2D eigenvalue weighted by Gasteiger charge is -2.05. The van der Waals surface area contributed by atoms with Crippen molar-refractivity contribution in [3.8, 4) is 0 Å². The lowest BCUT2D eigenvalue weighted by Crippen LogP contribution is -2.24. The van der Waals surface area contributed by atoms with Gasteiger partial charge in [-0.3, -0.25) is 14.2 Å². The highest BCUT2D eigenvalue weighted by Crippen LogP contribution is 2.41. The molecular weight excluding hydrogens is 375 g/mol. The van der Waals surface area contributed by atoms with Crippen molar-refractivity contribution in [2.24, 2.45) is 5.10 Å². The second kappa shape index (κ2) is 7.45. The molecule has 3 rings (SSSR count). The smallest absolute Gasteiger partial charge is 0.271 e. The maximum Gasteiger partial charge on any atom is 0.408 e. The fraction of sp³-hybridized carbons (Fsp3) is 0.467. The number of hydrogen-bond acceptors (Lipinski definition) is 4. The van der Waals surface area contributed by atoms with E-state index in [1.807, 2.05) is 0 Å². The highest BCUT2D eigenvalue weighted by Gasteiger charge is 2.30. The Kier molecular flexibility index (Phi) is 5.24. The Morgan fingerprint density at radius 1 is 1.37 bits per heavy atom. The van der Waals surface area contributed by atoms with E-state index in [0.717, 1.165) is 25.3 Å². The highest BCUT2D eigenvalue weighted by atomic mass is 19.4. The van der Waals surface area contributed by atoms with Crippen molar-refractivity contribution in [2.75, 3.05) is 0 Å². The quantitative estimate of drug-likeness (QED) is 0.449. The van der Waals surface area contributed by atoms with Gasteiger partial charge in [0, 0.05) is 17.8 Å². The van der Waals surface area contributed by atoms with Gasteiger partial charge in [-0.2, -0.15) is 28.5 Å². The number of aromatic nitrogens is 4. The molecule has 0 spiro atoms. The highest BCUT2D eigenvalue weighted by molar-refractivity contribution is 5.80. The standard InChI is InChI=1S/C15H15F5N6O/c16-14(17)11-5-12(9-1-2-9)26(24-11)7-13(27)22-21-6-10-3-4-25(23-10)8-15(18,19)20/h3-6,9,14H,1-2,7-8H2,(H,22,27)/b21-6+. The van der Waals surface area contributed by atoms with Crippen molar-refractivity contribution >= 4 is 12.1 Å². The predicted octanol–water partition coefficient (Wildman–Crippen LogP) is 2.61. The zero-order valence-electron chi connectivity index (χ0n) is 13.8. The molecule has 2 aromatic heterocycles. The van der Waals surface area contributed by atoms with Gasteiger partial charge in [0.25, 0.3) is 12.3 Å². The van der Waals surface area contributed by atoms with Gasteiger partial charge >= 0.3 is 6.18 Å². The minimum Gasteiger partial charge on any atom is -0.271 e. The molecule has 12 heteroatoms. The Balaban J connectivity index is 1.56. The van der Waals surface area contributed by atoms with Crippen LogP contribution in [0.4, 0.5) is 22.0 Å². The molecular formula is C15H15F5N6O. The van der Waals surface area contributed by atoms with E-state index in [4.69, 9.17) is 0 Å². The maximum atomic E-state index is 12.8. The van der Waals surface area contributed by atoms with Crippen LogP contribution in [0.15, 0.2) is 23.4 Å². The number of carbonyl (C=O) groups excluding carboxylic acids is 1. The van der Waals surface area contributed by atoms with Gasteiger partial charge in [-0.1, -0.05) is 0 Å². The minimum atomic E-state index is -4.39. The van der Waals surface area contributed by atoms with Crippen LogP contribution in [0.5, 0.6) is 0 Å². The average molecular weight is 390 g/mol. The van der Waals surface area contributed by atoms with Gasteiger partial charge in [0.15, 0.2) is 0 Å². The second-order valence-electron chi connectivity index (χ2n) is 6.07. The second-order valence-corrected chi connectivity index (χ2v) is 6.07. The summed E-state index contributed by atoms with van der Waals surface area (Å²) in [4.78, 5) is 11.9. The Bertz CT molecular complexity index is 836. The van der Waals surface area contributed by atoms with Crippen molar-refractivity contribution in [1.29, 1.82) is 0 Å². The summed E-state index contributed by atoms with van der Waals surface area (Å²) >= 11 is 0. The van der Waals surface area contributed by atoms with Gasteiger partial charge in [-0.15, -0.1) is 0 Å². The van der Waals surface area contributed by atoms with Crippen molar-refractivity contribution in [1.82, 2.24) is 25.0 Å². The van der Waals surface area contributed by atoms with E-state index in [1.165, 1.54) is 16.8 Å². The Labute approximate surface area is 149 Å². The van der Waals surface area contributed by atoms with E-state index in [1.54, 1.807) is 0 Å². The number of hydrogen-bond donors (Lipinski definition) is 1. The summed E-state index contributed by atoms with van der Waals surface area (Å²) < 4.78 is 64.3. The number of carbonyl (C=O) groups is 1. The minimum absolute atomic E-state index is 0.122. The monoisotopic (exact) mass is 390 g/mol. The van der Waals surface area contributed by atoms with Crippen molar-refractivity contribution in [2.45, 2.75) is 44.5 Å². The lowest BCUT2D eigenvalue weighted by molar-refractivity contribution is -0.142. The van der Waals surface area contributed by atoms with Crippen LogP contribution in [-0.4, -0.2) is 37.9 Å². The SMILES string of the molecule is O=C(Cn1nc(C(F)F)cc1C1CC1)N/N=C/c1ccn(CC(F)(F)F)n1. The third-order valence-corrected chi connectivity index (χ3v) is 3.73. The Morgan fingerprint density at radius 3 is 2.74 bits per heavy atom. The van der Waals surface area contributed by atoms with E-state index >= 15 is 0 Å². The molecule has 0 bridgehead atoms. The molecule has 1 N–H and O–H groups in total. The van der Waals surface area contributed by atoms with Gasteiger partial charge in [-0.25, -0.2) is 14.2 Å². The van der Waals surface area contributed by atoms with Crippen LogP contribution in [0, 0.1) is 0 Å². The molecule has 0 aliphatic heterocycles. The van der Waals surface area contributed by atoms with Gasteiger partial charge in [-0.05, 0) is 25.0 Å². The number of halogens is 5. The Morgan fingerprint density at radius 2 is 2.11 bits per heavy atom. The predicted molar refractivity (Wildman–Crippen MR) is 83.2 cm³/mol. The lowest BCUT2D eigenvalue weighted by atomic mass is 10.2. The van der Waals surface area contributed by atoms with Gasteiger partial charge < -0.3 is 0 Å². The summed E-state index contributed by atoms with van der Waals surface area (Å²) in [5, 5.41) is 11.0. The normalized spacial score (nSPS) is 15.0. The summed E-state index contributed by atoms with van der Waals surface area (Å²) in [5.74, 6) is -0.481. The molecule has 1 fully saturated rings. The number of nitrogens with one attached hydrogen (secondary N) is 1. The molecule has 2 aromatic rings. The van der Waals surface area contributed by atoms with E-state index < -0.39 is 25.1 Å². The molecule has 27 heavy (non-hydrogen) atoms. The van der Waals surface area contributed by atoms with Crippen LogP contribution in [0.1, 0.15) is 42.3 Å². The van der Waals surface area contributed by atoms with Crippen LogP contribution in [0.2, 0.25) is 0 Å². The molecule has 0 unspecified atom stereocenters. The molecule has 2 heterocycles. The zero-order valence-corrected chi connectivity index (χ0v) is 13.8. The van der Waals surface area contributed by atoms with Crippen molar-refractivity contribution < 1.29 is 26.7 Å². The zero-order chi connectivity index (χ0) is 19.6. The van der Waals surface area contributed by atoms with E-state index in [9.17, 15) is 26.7 Å². The summed E-state index contributed by atoms with van der Waals surface area (Å²) in [7, 11) is 0. The van der Waals surface area contributed by atoms with E-state index in [2.05, 4.69) is 20.7 Å². The molecule has 0 saturated heterocycles. The molecule has 0 radical (unpaired) electrons. The van der Waals surface area contributed by atoms with E-state index in [-0.39, 0.29) is 23.9 Å². The third kappa shape index (κ3) is 5.34. The molecule has 1 amide bonds. The van der Waals surface area contributed by atoms with Gasteiger partial charge in [0.1, 0.15) is 24.5 Å². The summed E-state index contributed by atoms with van der Waals surface area (Å²) in [5.41, 5.74) is 2.49. The maximum absolute atomic E-state index is 12.8. The van der Waals surface area contributed by atoms with Gasteiger partial charge in [0.2, 0.25) is 0 Å². The average Bonchev–Trinajstić information content (AvgIpc) is 3.17. The summed E-state index contributed by atoms with van der Waals surface area (Å²) in [6.45, 7) is -1.53. The van der Waals surface area contributed by atoms with Crippen LogP contribution in [0.25, 0.3) is 0 Å². The fourth-order valence-electron chi connectivity index (χ4n) is 2.45. The van der Waals surface area contributed by atoms with Crippen LogP contribution < -0.4 is 5.43 Å². The van der Waals surface area contributed by atoms with Crippen LogP contribution in [-0.2, 0) is 17.9 Å². The molecule has 146 valence electrons. The molecule has 0 atom stereocenters. The van der Waals surface area contributed by atoms with Crippen molar-refractivity contribution in [3.05, 3.63) is 35.4 Å². The first kappa shape index (κ1) is 19.0. The van der Waals surface area contributed by atoms with E-state index in [0.29, 0.717) is 10.4 Å². The topological polar surface area (TPSA) is 77.1 Å². The third-order valence-electron chi connectivity index (χ3n) is 3.73.